The maximum atomic E-state index is 12.9. The second kappa shape index (κ2) is 7.52. The lowest BCUT2D eigenvalue weighted by molar-refractivity contribution is -0.127. The van der Waals surface area contributed by atoms with Gasteiger partial charge >= 0.3 is 0 Å². The van der Waals surface area contributed by atoms with Gasteiger partial charge in [-0.3, -0.25) is 4.79 Å². The minimum absolute atomic E-state index is 0.0422. The van der Waals surface area contributed by atoms with Gasteiger partial charge < -0.3 is 10.2 Å². The molecular weight excluding hydrogens is 389 g/mol. The topological polar surface area (TPSA) is 106 Å². The summed E-state index contributed by atoms with van der Waals surface area (Å²) in [5.41, 5.74) is 1.11. The van der Waals surface area contributed by atoms with Crippen LogP contribution in [0.15, 0.2) is 47.4 Å². The predicted molar refractivity (Wildman–Crippen MR) is 99.5 cm³/mol. The summed E-state index contributed by atoms with van der Waals surface area (Å²) in [6.07, 6.45) is -0.982. The van der Waals surface area contributed by atoms with Gasteiger partial charge in [-0.2, -0.15) is 0 Å². The zero-order chi connectivity index (χ0) is 20.5. The molecule has 11 heteroatoms. The Labute approximate surface area is 160 Å². The third kappa shape index (κ3) is 3.94. The van der Waals surface area contributed by atoms with Crippen molar-refractivity contribution < 1.29 is 22.4 Å². The van der Waals surface area contributed by atoms with Crippen LogP contribution in [0, 0.1) is 5.82 Å². The number of aromatic nitrogens is 3. The van der Waals surface area contributed by atoms with Gasteiger partial charge in [0.15, 0.2) is 0 Å². The molecule has 1 heterocycles. The molecule has 1 atom stereocenters. The van der Waals surface area contributed by atoms with Crippen LogP contribution in [0.5, 0.6) is 0 Å². The Morgan fingerprint density at radius 1 is 1.21 bits per heavy atom. The van der Waals surface area contributed by atoms with Crippen LogP contribution in [0.3, 0.4) is 0 Å². The lowest BCUT2D eigenvalue weighted by atomic mass is 10.3. The second-order valence-electron chi connectivity index (χ2n) is 6.14. The Morgan fingerprint density at radius 2 is 1.89 bits per heavy atom. The number of amides is 1. The Morgan fingerprint density at radius 3 is 2.54 bits per heavy atom. The van der Waals surface area contributed by atoms with Crippen LogP contribution in [0.2, 0.25) is 0 Å². The fraction of sp³-hybridized carbons (Fsp3) is 0.235. The normalized spacial score (nSPS) is 12.9. The highest BCUT2D eigenvalue weighted by Gasteiger charge is 2.21. The van der Waals surface area contributed by atoms with Gasteiger partial charge in [-0.1, -0.05) is 4.85 Å². The molecule has 0 saturated carbocycles. The van der Waals surface area contributed by atoms with Gasteiger partial charge in [0.25, 0.3) is 5.91 Å². The number of rotatable bonds is 6. The monoisotopic (exact) mass is 407 g/mol. The van der Waals surface area contributed by atoms with Gasteiger partial charge in [0.1, 0.15) is 16.9 Å². The molecule has 3 rings (SSSR count). The lowest BCUT2D eigenvalue weighted by Crippen LogP contribution is -2.35. The molecule has 0 saturated heterocycles. The van der Waals surface area contributed by atoms with E-state index in [1.807, 2.05) is 0 Å². The zero-order valence-corrected chi connectivity index (χ0v) is 16.1. The highest BCUT2D eigenvalue weighted by molar-refractivity contribution is 7.89. The van der Waals surface area contributed by atoms with Crippen LogP contribution in [-0.4, -0.2) is 54.0 Å². The molecule has 0 spiro atoms. The van der Waals surface area contributed by atoms with Crippen LogP contribution in [-0.2, 0) is 14.8 Å². The standard InChI is InChI=1S/C17H18FN5O4S/c1-11(17(24)19-13-6-4-12(18)5-7-13)27-23-16-10-14(28(25,26)22(2)3)8-9-15(16)20-21-23/h4-11H,1-3H3,(H,19,24)/t11-/m1/s1. The predicted octanol–water partition coefficient (Wildman–Crippen LogP) is 1.28. The molecule has 0 aliphatic heterocycles. The average Bonchev–Trinajstić information content (AvgIpc) is 3.05. The molecule has 3 aromatic rings. The molecule has 2 aromatic carbocycles. The smallest absolute Gasteiger partial charge is 0.267 e. The number of hydrogen-bond acceptors (Lipinski definition) is 6. The van der Waals surface area contributed by atoms with Crippen molar-refractivity contribution in [3.8, 4) is 0 Å². The number of sulfonamides is 1. The van der Waals surface area contributed by atoms with Crippen molar-refractivity contribution >= 4 is 32.7 Å². The van der Waals surface area contributed by atoms with E-state index in [4.69, 9.17) is 4.84 Å². The molecule has 28 heavy (non-hydrogen) atoms. The highest BCUT2D eigenvalue weighted by Crippen LogP contribution is 2.19. The van der Waals surface area contributed by atoms with E-state index in [9.17, 15) is 17.6 Å². The number of halogens is 1. The van der Waals surface area contributed by atoms with E-state index in [2.05, 4.69) is 15.6 Å². The quantitative estimate of drug-likeness (QED) is 0.660. The summed E-state index contributed by atoms with van der Waals surface area (Å²) in [6, 6.07) is 9.57. The summed E-state index contributed by atoms with van der Waals surface area (Å²) >= 11 is 0. The molecular formula is C17H18FN5O4S. The van der Waals surface area contributed by atoms with Crippen LogP contribution in [0.25, 0.3) is 11.0 Å². The number of carbonyl (C=O) groups excluding carboxylic acids is 1. The summed E-state index contributed by atoms with van der Waals surface area (Å²) in [5.74, 6) is -0.910. The van der Waals surface area contributed by atoms with Crippen molar-refractivity contribution in [2.24, 2.45) is 0 Å². The molecule has 0 bridgehead atoms. The Kier molecular flexibility index (Phi) is 5.29. The number of fused-ring (bicyclic) bond motifs is 1. The Balaban J connectivity index is 1.81. The first-order chi connectivity index (χ1) is 13.2. The van der Waals surface area contributed by atoms with Crippen molar-refractivity contribution in [3.05, 3.63) is 48.3 Å². The fourth-order valence-corrected chi connectivity index (χ4v) is 3.22. The third-order valence-corrected chi connectivity index (χ3v) is 5.72. The summed E-state index contributed by atoms with van der Waals surface area (Å²) in [6.45, 7) is 1.49. The number of hydrogen-bond donors (Lipinski definition) is 1. The number of nitrogens with one attached hydrogen (secondary N) is 1. The van der Waals surface area contributed by atoms with Crippen molar-refractivity contribution in [2.45, 2.75) is 17.9 Å². The molecule has 0 aliphatic rings. The first-order valence-electron chi connectivity index (χ1n) is 8.20. The molecule has 9 nitrogen and oxygen atoms in total. The number of benzene rings is 2. The summed E-state index contributed by atoms with van der Waals surface area (Å²) in [4.78, 5) is 18.8. The SMILES string of the molecule is C[C@@H](On1nnc2ccc(S(=O)(=O)N(C)C)cc21)C(=O)Nc1ccc(F)cc1. The van der Waals surface area contributed by atoms with E-state index in [0.29, 0.717) is 16.7 Å². The van der Waals surface area contributed by atoms with Crippen molar-refractivity contribution in [1.29, 1.82) is 0 Å². The fourth-order valence-electron chi connectivity index (χ4n) is 2.30. The first kappa shape index (κ1) is 19.7. The van der Waals surface area contributed by atoms with Crippen LogP contribution in [0.1, 0.15) is 6.92 Å². The Hall–Kier alpha value is -3.05. The van der Waals surface area contributed by atoms with E-state index < -0.39 is 27.9 Å². The number of anilines is 1. The number of nitrogens with zero attached hydrogens (tertiary/aromatic N) is 4. The summed E-state index contributed by atoms with van der Waals surface area (Å²) < 4.78 is 38.7. The average molecular weight is 407 g/mol. The van der Waals surface area contributed by atoms with Gasteiger partial charge in [-0.15, -0.1) is 5.10 Å². The maximum Gasteiger partial charge on any atom is 0.267 e. The van der Waals surface area contributed by atoms with E-state index in [1.165, 1.54) is 63.5 Å². The van der Waals surface area contributed by atoms with E-state index in [0.717, 1.165) is 9.15 Å². The highest BCUT2D eigenvalue weighted by atomic mass is 32.2. The molecule has 1 aromatic heterocycles. The molecule has 148 valence electrons. The number of carbonyl (C=O) groups is 1. The summed E-state index contributed by atoms with van der Waals surface area (Å²) in [5, 5.41) is 10.3. The lowest BCUT2D eigenvalue weighted by Gasteiger charge is -2.14. The van der Waals surface area contributed by atoms with E-state index in [1.54, 1.807) is 0 Å². The molecule has 0 fully saturated rings. The third-order valence-electron chi connectivity index (χ3n) is 3.90. The van der Waals surface area contributed by atoms with Gasteiger partial charge in [-0.25, -0.2) is 17.1 Å². The van der Waals surface area contributed by atoms with Crippen LogP contribution in [0.4, 0.5) is 10.1 Å². The molecule has 0 unspecified atom stereocenters. The van der Waals surface area contributed by atoms with Gasteiger partial charge in [0, 0.05) is 19.8 Å². The second-order valence-corrected chi connectivity index (χ2v) is 8.30. The van der Waals surface area contributed by atoms with E-state index >= 15 is 0 Å². The van der Waals surface area contributed by atoms with Gasteiger partial charge in [0.05, 0.1) is 4.90 Å². The maximum absolute atomic E-state index is 12.9. The van der Waals surface area contributed by atoms with Crippen LogP contribution >= 0.6 is 0 Å². The molecule has 1 N–H and O–H groups in total. The summed E-state index contributed by atoms with van der Waals surface area (Å²) in [7, 11) is -0.805. The van der Waals surface area contributed by atoms with Gasteiger partial charge in [-0.05, 0) is 54.6 Å². The first-order valence-corrected chi connectivity index (χ1v) is 9.64. The minimum atomic E-state index is -3.65. The minimum Gasteiger partial charge on any atom is -0.382 e. The van der Waals surface area contributed by atoms with Crippen molar-refractivity contribution in [3.63, 3.8) is 0 Å². The van der Waals surface area contributed by atoms with Crippen molar-refractivity contribution in [1.82, 2.24) is 19.5 Å². The Bertz CT molecular complexity index is 1110. The largest absolute Gasteiger partial charge is 0.382 e. The van der Waals surface area contributed by atoms with E-state index in [-0.39, 0.29) is 4.90 Å². The van der Waals surface area contributed by atoms with Crippen LogP contribution < -0.4 is 10.2 Å². The molecule has 1 amide bonds. The van der Waals surface area contributed by atoms with Crippen molar-refractivity contribution in [2.75, 3.05) is 19.4 Å². The molecule has 0 aliphatic carbocycles. The zero-order valence-electron chi connectivity index (χ0n) is 15.3. The van der Waals surface area contributed by atoms with Gasteiger partial charge in [0.2, 0.25) is 16.1 Å². The molecule has 0 radical (unpaired) electrons.